The van der Waals surface area contributed by atoms with E-state index in [-0.39, 0.29) is 0 Å². The van der Waals surface area contributed by atoms with Crippen LogP contribution in [0.15, 0.2) is 78.9 Å². The molecule has 0 unspecified atom stereocenters. The molecule has 1 aliphatic heterocycles. The molecule has 2 N–H and O–H groups in total. The van der Waals surface area contributed by atoms with Gasteiger partial charge in [-0.2, -0.15) is 5.10 Å². The van der Waals surface area contributed by atoms with E-state index >= 15 is 0 Å². The number of benzene rings is 3. The van der Waals surface area contributed by atoms with Crippen LogP contribution < -0.4 is 10.6 Å². The summed E-state index contributed by atoms with van der Waals surface area (Å²) in [6, 6.07) is 22.0. The van der Waals surface area contributed by atoms with Crippen LogP contribution in [-0.2, 0) is 9.59 Å². The van der Waals surface area contributed by atoms with Crippen molar-refractivity contribution in [3.63, 3.8) is 0 Å². The maximum Gasteiger partial charge on any atom is 0.239 e. The molecule has 4 aromatic rings. The van der Waals surface area contributed by atoms with Crippen LogP contribution in [0.3, 0.4) is 0 Å². The molecule has 0 fully saturated rings. The molecule has 0 saturated carbocycles. The number of amides is 2. The van der Waals surface area contributed by atoms with E-state index in [1.165, 1.54) is 12.1 Å². The number of fused-ring (bicyclic) bond motifs is 1. The van der Waals surface area contributed by atoms with Crippen molar-refractivity contribution in [3.05, 3.63) is 107 Å². The fourth-order valence-electron chi connectivity index (χ4n) is 4.39. The van der Waals surface area contributed by atoms with Crippen LogP contribution in [0.2, 0.25) is 5.02 Å². The second-order valence-corrected chi connectivity index (χ2v) is 8.53. The number of halogens is 2. The van der Waals surface area contributed by atoms with Gasteiger partial charge in [-0.15, -0.1) is 0 Å². The van der Waals surface area contributed by atoms with Gasteiger partial charge in [0, 0.05) is 22.2 Å². The summed E-state index contributed by atoms with van der Waals surface area (Å²) in [5.41, 5.74) is 3.26. The van der Waals surface area contributed by atoms with Crippen molar-refractivity contribution >= 4 is 34.9 Å². The van der Waals surface area contributed by atoms with Crippen molar-refractivity contribution in [1.29, 1.82) is 0 Å². The normalized spacial score (nSPS) is 17.1. The highest BCUT2D eigenvalue weighted by molar-refractivity contribution is 6.31. The van der Waals surface area contributed by atoms with E-state index in [0.29, 0.717) is 33.3 Å². The average Bonchev–Trinajstić information content (AvgIpc) is 3.15. The number of hydrogen-bond acceptors (Lipinski definition) is 3. The van der Waals surface area contributed by atoms with Crippen molar-refractivity contribution in [2.24, 2.45) is 5.92 Å². The summed E-state index contributed by atoms with van der Waals surface area (Å²) in [5, 5.41) is 10.8. The van der Waals surface area contributed by atoms with Crippen molar-refractivity contribution in [1.82, 2.24) is 9.78 Å². The largest absolute Gasteiger partial charge is 0.325 e. The highest BCUT2D eigenvalue weighted by Crippen LogP contribution is 2.43. The van der Waals surface area contributed by atoms with E-state index in [9.17, 15) is 14.0 Å². The molecule has 8 heteroatoms. The van der Waals surface area contributed by atoms with Crippen molar-refractivity contribution in [3.8, 4) is 5.69 Å². The van der Waals surface area contributed by atoms with Gasteiger partial charge in [-0.3, -0.25) is 9.59 Å². The first-order valence-electron chi connectivity index (χ1n) is 10.7. The Labute approximate surface area is 200 Å². The molecule has 0 spiro atoms. The first-order chi connectivity index (χ1) is 16.4. The SMILES string of the molecule is Cc1nn(-c2ccccc2)c2c1[C@H](c1ccc(F)cc1)[C@H](C(=O)Nc1cccc(Cl)c1)C(=O)N2. The molecular weight excluding hydrogens is 455 g/mol. The zero-order valence-electron chi connectivity index (χ0n) is 18.1. The van der Waals surface area contributed by atoms with Gasteiger partial charge in [0.25, 0.3) is 0 Å². The molecule has 1 aromatic heterocycles. The van der Waals surface area contributed by atoms with E-state index in [1.807, 2.05) is 37.3 Å². The molecule has 2 amide bonds. The molecule has 2 heterocycles. The third kappa shape index (κ3) is 3.95. The van der Waals surface area contributed by atoms with Crippen LogP contribution in [0, 0.1) is 18.7 Å². The minimum absolute atomic E-state index is 0.402. The van der Waals surface area contributed by atoms with E-state index in [4.69, 9.17) is 11.6 Å². The number of aromatic nitrogens is 2. The molecule has 6 nitrogen and oxygen atoms in total. The van der Waals surface area contributed by atoms with Crippen molar-refractivity contribution in [2.45, 2.75) is 12.8 Å². The Morgan fingerprint density at radius 1 is 1.06 bits per heavy atom. The van der Waals surface area contributed by atoms with Gasteiger partial charge in [0.1, 0.15) is 17.6 Å². The third-order valence-electron chi connectivity index (χ3n) is 5.88. The molecule has 5 rings (SSSR count). The van der Waals surface area contributed by atoms with Crippen molar-refractivity contribution in [2.75, 3.05) is 10.6 Å². The Morgan fingerprint density at radius 2 is 1.79 bits per heavy atom. The van der Waals surface area contributed by atoms with Gasteiger partial charge in [0.05, 0.1) is 11.4 Å². The highest BCUT2D eigenvalue weighted by Gasteiger charge is 2.44. The molecule has 34 heavy (non-hydrogen) atoms. The second-order valence-electron chi connectivity index (χ2n) is 8.09. The number of carbonyl (C=O) groups excluding carboxylic acids is 2. The molecule has 0 aliphatic carbocycles. The third-order valence-corrected chi connectivity index (χ3v) is 6.11. The Hall–Kier alpha value is -3.97. The minimum atomic E-state index is -1.11. The standard InChI is InChI=1S/C26H20ClFN4O2/c1-15-21-22(16-10-12-18(28)13-11-16)23(25(33)29-19-7-5-6-17(27)14-19)26(34)30-24(21)32(31-15)20-8-3-2-4-9-20/h2-14,22-23H,1H3,(H,29,33)(H,30,34)/t22-,23+/m0/s1. The maximum atomic E-state index is 13.7. The van der Waals surface area contributed by atoms with Crippen LogP contribution in [0.4, 0.5) is 15.9 Å². The van der Waals surface area contributed by atoms with Crippen LogP contribution in [-0.4, -0.2) is 21.6 Å². The molecule has 0 saturated heterocycles. The summed E-state index contributed by atoms with van der Waals surface area (Å²) in [7, 11) is 0. The summed E-state index contributed by atoms with van der Waals surface area (Å²) in [6.45, 7) is 1.83. The number of nitrogens with one attached hydrogen (secondary N) is 2. The average molecular weight is 475 g/mol. The second kappa shape index (κ2) is 8.76. The molecule has 2 atom stereocenters. The van der Waals surface area contributed by atoms with E-state index < -0.39 is 29.5 Å². The van der Waals surface area contributed by atoms with E-state index in [1.54, 1.807) is 41.1 Å². The van der Waals surface area contributed by atoms with Crippen LogP contribution >= 0.6 is 11.6 Å². The fourth-order valence-corrected chi connectivity index (χ4v) is 4.58. The lowest BCUT2D eigenvalue weighted by atomic mass is 9.77. The number of rotatable bonds is 4. The summed E-state index contributed by atoms with van der Waals surface area (Å²) in [5.74, 6) is -2.65. The summed E-state index contributed by atoms with van der Waals surface area (Å²) in [6.07, 6.45) is 0. The Balaban J connectivity index is 1.63. The van der Waals surface area contributed by atoms with Crippen LogP contribution in [0.5, 0.6) is 0 Å². The smallest absolute Gasteiger partial charge is 0.239 e. The first-order valence-corrected chi connectivity index (χ1v) is 11.1. The first kappa shape index (κ1) is 21.9. The number of nitrogens with zero attached hydrogens (tertiary/aromatic N) is 2. The molecule has 0 radical (unpaired) electrons. The van der Waals surface area contributed by atoms with Gasteiger partial charge in [-0.25, -0.2) is 9.07 Å². The summed E-state index contributed by atoms with van der Waals surface area (Å²) < 4.78 is 15.4. The Bertz CT molecular complexity index is 1390. The summed E-state index contributed by atoms with van der Waals surface area (Å²) in [4.78, 5) is 26.8. The summed E-state index contributed by atoms with van der Waals surface area (Å²) >= 11 is 6.05. The number of anilines is 2. The minimum Gasteiger partial charge on any atom is -0.325 e. The predicted molar refractivity (Wildman–Crippen MR) is 129 cm³/mol. The topological polar surface area (TPSA) is 76.0 Å². The molecule has 170 valence electrons. The molecule has 0 bridgehead atoms. The zero-order chi connectivity index (χ0) is 23.8. The van der Waals surface area contributed by atoms with Gasteiger partial charge in [-0.1, -0.05) is 48.0 Å². The zero-order valence-corrected chi connectivity index (χ0v) is 18.9. The number of para-hydroxylation sites is 1. The monoisotopic (exact) mass is 474 g/mol. The van der Waals surface area contributed by atoms with E-state index in [2.05, 4.69) is 15.7 Å². The van der Waals surface area contributed by atoms with Gasteiger partial charge >= 0.3 is 0 Å². The van der Waals surface area contributed by atoms with Gasteiger partial charge < -0.3 is 10.6 Å². The number of hydrogen-bond donors (Lipinski definition) is 2. The highest BCUT2D eigenvalue weighted by atomic mass is 35.5. The molecule has 3 aromatic carbocycles. The Kier molecular flexibility index (Phi) is 5.63. The van der Waals surface area contributed by atoms with Gasteiger partial charge in [0.15, 0.2) is 0 Å². The number of carbonyl (C=O) groups is 2. The van der Waals surface area contributed by atoms with E-state index in [0.717, 1.165) is 5.69 Å². The fraction of sp³-hybridized carbons (Fsp3) is 0.115. The lowest BCUT2D eigenvalue weighted by molar-refractivity contribution is -0.130. The van der Waals surface area contributed by atoms with Gasteiger partial charge in [-0.05, 0) is 55.0 Å². The predicted octanol–water partition coefficient (Wildman–Crippen LogP) is 5.31. The lowest BCUT2D eigenvalue weighted by Gasteiger charge is -2.31. The van der Waals surface area contributed by atoms with Crippen LogP contribution in [0.1, 0.15) is 22.7 Å². The lowest BCUT2D eigenvalue weighted by Crippen LogP contribution is -2.42. The van der Waals surface area contributed by atoms with Crippen LogP contribution in [0.25, 0.3) is 5.69 Å². The Morgan fingerprint density at radius 3 is 2.50 bits per heavy atom. The van der Waals surface area contributed by atoms with Crippen molar-refractivity contribution < 1.29 is 14.0 Å². The molecular formula is C26H20ClFN4O2. The maximum absolute atomic E-state index is 13.7. The quantitative estimate of drug-likeness (QED) is 0.393. The molecule has 1 aliphatic rings. The number of aryl methyl sites for hydroxylation is 1. The van der Waals surface area contributed by atoms with Gasteiger partial charge in [0.2, 0.25) is 11.8 Å².